The highest BCUT2D eigenvalue weighted by Gasteiger charge is 2.16. The molecule has 8 rings (SSSR count). The maximum absolute atomic E-state index is 9.13. The molecule has 0 radical (unpaired) electrons. The van der Waals surface area contributed by atoms with Gasteiger partial charge in [0.05, 0.1) is 17.8 Å². The van der Waals surface area contributed by atoms with Gasteiger partial charge in [-0.2, -0.15) is 0 Å². The molecule has 0 atom stereocenters. The molecule has 0 unspecified atom stereocenters. The molecule has 0 aliphatic rings. The number of hydrogen-bond acceptors (Lipinski definition) is 0. The van der Waals surface area contributed by atoms with Crippen molar-refractivity contribution >= 4 is 32.3 Å². The highest BCUT2D eigenvalue weighted by atomic mass is 14.2. The third-order valence-corrected chi connectivity index (χ3v) is 7.62. The molecule has 0 nitrogen and oxygen atoms in total. The van der Waals surface area contributed by atoms with E-state index in [1.165, 1.54) is 0 Å². The van der Waals surface area contributed by atoms with Crippen molar-refractivity contribution < 1.29 is 17.8 Å². The second kappa shape index (κ2) is 10.2. The van der Waals surface area contributed by atoms with Crippen LogP contribution in [0.2, 0.25) is 0 Å². The molecule has 0 aliphatic heterocycles. The predicted molar refractivity (Wildman–Crippen MR) is 181 cm³/mol. The van der Waals surface area contributed by atoms with Crippen molar-refractivity contribution in [3.05, 3.63) is 170 Å². The van der Waals surface area contributed by atoms with E-state index in [0.29, 0.717) is 5.56 Å². The highest BCUT2D eigenvalue weighted by Crippen LogP contribution is 2.43. The first-order chi connectivity index (χ1) is 26.2. The van der Waals surface area contributed by atoms with E-state index in [1.807, 2.05) is 54.6 Å². The molecule has 8 aromatic carbocycles. The summed E-state index contributed by atoms with van der Waals surface area (Å²) < 4.78 is 114. The maximum Gasteiger partial charge on any atom is 0.0629 e. The Hall–Kier alpha value is -5.46. The van der Waals surface area contributed by atoms with Gasteiger partial charge in [0.2, 0.25) is 0 Å². The van der Waals surface area contributed by atoms with E-state index in [9.17, 15) is 0 Å². The number of fused-ring (bicyclic) bond motifs is 3. The van der Waals surface area contributed by atoms with Crippen molar-refractivity contribution in [3.63, 3.8) is 0 Å². The Bertz CT molecular complexity index is 2820. The van der Waals surface area contributed by atoms with Crippen molar-refractivity contribution in [2.45, 2.75) is 0 Å². The first-order valence-electron chi connectivity index (χ1n) is 20.0. The van der Waals surface area contributed by atoms with Crippen LogP contribution in [0.4, 0.5) is 0 Å². The van der Waals surface area contributed by atoms with E-state index in [-0.39, 0.29) is 32.7 Å². The minimum absolute atomic E-state index is 0.0953. The van der Waals surface area contributed by atoms with Crippen LogP contribution in [-0.4, -0.2) is 0 Å². The number of hydrogen-bond donors (Lipinski definition) is 0. The van der Waals surface area contributed by atoms with Crippen LogP contribution in [0.1, 0.15) is 17.8 Å². The Morgan fingerprint density at radius 1 is 0.310 bits per heavy atom. The third-order valence-electron chi connectivity index (χ3n) is 7.62. The number of rotatable bonds is 4. The van der Waals surface area contributed by atoms with Crippen LogP contribution in [0.5, 0.6) is 0 Å². The molecule has 8 aromatic rings. The summed E-state index contributed by atoms with van der Waals surface area (Å²) >= 11 is 0. The molecule has 0 spiro atoms. The largest absolute Gasteiger partial charge is 0.0629 e. The van der Waals surface area contributed by atoms with E-state index >= 15 is 0 Å². The summed E-state index contributed by atoms with van der Waals surface area (Å²) in [7, 11) is 0. The van der Waals surface area contributed by atoms with Gasteiger partial charge in [-0.3, -0.25) is 0 Å². The van der Waals surface area contributed by atoms with Gasteiger partial charge >= 0.3 is 0 Å². The summed E-state index contributed by atoms with van der Waals surface area (Å²) in [6, 6.07) is 21.3. The van der Waals surface area contributed by atoms with Crippen LogP contribution in [-0.2, 0) is 0 Å². The summed E-state index contributed by atoms with van der Waals surface area (Å²) in [4.78, 5) is 0. The topological polar surface area (TPSA) is 0 Å². The lowest BCUT2D eigenvalue weighted by atomic mass is 9.85. The zero-order chi connectivity index (χ0) is 39.2. The van der Waals surface area contributed by atoms with Crippen LogP contribution in [0.3, 0.4) is 0 Å². The van der Waals surface area contributed by atoms with Crippen molar-refractivity contribution in [1.29, 1.82) is 0 Å². The van der Waals surface area contributed by atoms with Gasteiger partial charge in [-0.15, -0.1) is 0 Å². The van der Waals surface area contributed by atoms with Crippen LogP contribution in [0.25, 0.3) is 76.8 Å². The monoisotopic (exact) mass is 545 g/mol. The maximum atomic E-state index is 9.13. The molecular weight excluding hydrogens is 504 g/mol. The third kappa shape index (κ3) is 4.08. The summed E-state index contributed by atoms with van der Waals surface area (Å²) in [5.41, 5.74) is 3.59. The van der Waals surface area contributed by atoms with E-state index in [2.05, 4.69) is 24.3 Å². The molecule has 0 fully saturated rings. The first kappa shape index (κ1) is 14.4. The fraction of sp³-hybridized carbons (Fsp3) is 0. The molecule has 0 bridgehead atoms. The average Bonchev–Trinajstić information content (AvgIpc) is 3.21. The molecule has 0 aliphatic carbocycles. The Labute approximate surface area is 264 Å². The van der Waals surface area contributed by atoms with E-state index in [4.69, 9.17) is 17.8 Å². The lowest BCUT2D eigenvalue weighted by Crippen LogP contribution is -1.90. The van der Waals surface area contributed by atoms with Gasteiger partial charge in [0, 0.05) is 0 Å². The van der Waals surface area contributed by atoms with Gasteiger partial charge in [0.25, 0.3) is 0 Å². The van der Waals surface area contributed by atoms with E-state index < -0.39 is 84.1 Å². The van der Waals surface area contributed by atoms with Crippen molar-refractivity contribution in [3.8, 4) is 44.5 Å². The van der Waals surface area contributed by atoms with E-state index in [0.717, 1.165) is 33.0 Å². The molecule has 0 aromatic heterocycles. The molecule has 0 heterocycles. The van der Waals surface area contributed by atoms with Crippen molar-refractivity contribution in [2.24, 2.45) is 0 Å². The fourth-order valence-corrected chi connectivity index (χ4v) is 5.69. The Kier molecular flexibility index (Phi) is 3.50. The lowest BCUT2D eigenvalue weighted by Gasteiger charge is -2.18. The number of benzene rings is 8. The quantitative estimate of drug-likeness (QED) is 0.193. The molecule has 0 amide bonds. The smallest absolute Gasteiger partial charge is 0.0622 e. The predicted octanol–water partition coefficient (Wildman–Crippen LogP) is 11.8. The second-order valence-electron chi connectivity index (χ2n) is 9.93. The van der Waals surface area contributed by atoms with Crippen LogP contribution in [0, 0.1) is 0 Å². The Morgan fingerprint density at radius 2 is 0.762 bits per heavy atom. The summed E-state index contributed by atoms with van der Waals surface area (Å²) in [6.45, 7) is 0. The molecule has 0 heteroatoms. The first-order valence-corrected chi connectivity index (χ1v) is 13.5. The molecule has 0 saturated heterocycles. The van der Waals surface area contributed by atoms with Gasteiger partial charge in [0.15, 0.2) is 0 Å². The minimum atomic E-state index is -0.705. The highest BCUT2D eigenvalue weighted by molar-refractivity contribution is 6.21. The summed E-state index contributed by atoms with van der Waals surface area (Å²) in [5, 5.41) is 1.58. The van der Waals surface area contributed by atoms with Gasteiger partial charge in [0.1, 0.15) is 0 Å². The Morgan fingerprint density at radius 3 is 1.36 bits per heavy atom. The zero-order valence-corrected chi connectivity index (χ0v) is 22.2. The standard InChI is InChI=1S/C42H28/c1-2-12-33(13-3-1)41-37-16-6-8-18-39(37)42(40-19-9-7-17-38(40)41)34-27-23-30(24-28-34)29-21-25-32(26-22-29)36-20-10-14-31-11-4-5-15-35(31)36/h1-28H/i1D,2D,3D,6D,7D,8D,9D,12D,13D,16D,17D,18D,19D. The Balaban J connectivity index is 1.41. The zero-order valence-electron chi connectivity index (χ0n) is 35.2. The average molecular weight is 546 g/mol. The molecule has 0 N–H and O–H groups in total. The van der Waals surface area contributed by atoms with Crippen LogP contribution >= 0.6 is 0 Å². The van der Waals surface area contributed by atoms with Gasteiger partial charge < -0.3 is 0 Å². The van der Waals surface area contributed by atoms with Crippen LogP contribution < -0.4 is 0 Å². The van der Waals surface area contributed by atoms with Gasteiger partial charge in [-0.05, 0) is 76.8 Å². The second-order valence-corrected chi connectivity index (χ2v) is 9.93. The van der Waals surface area contributed by atoms with Crippen molar-refractivity contribution in [1.82, 2.24) is 0 Å². The molecular formula is C42H28. The summed E-state index contributed by atoms with van der Waals surface area (Å²) in [5.74, 6) is 0. The van der Waals surface area contributed by atoms with E-state index in [1.54, 1.807) is 12.1 Å². The fourth-order valence-electron chi connectivity index (χ4n) is 5.69. The normalized spacial score (nSPS) is 15.7. The molecule has 42 heavy (non-hydrogen) atoms. The molecule has 0 saturated carbocycles. The van der Waals surface area contributed by atoms with Gasteiger partial charge in [-0.1, -0.05) is 170 Å². The lowest BCUT2D eigenvalue weighted by molar-refractivity contribution is 1.60. The molecule has 196 valence electrons. The van der Waals surface area contributed by atoms with Crippen LogP contribution in [0.15, 0.2) is 170 Å². The van der Waals surface area contributed by atoms with Gasteiger partial charge in [-0.25, -0.2) is 0 Å². The minimum Gasteiger partial charge on any atom is -0.0622 e. The summed E-state index contributed by atoms with van der Waals surface area (Å²) in [6.07, 6.45) is 0. The SMILES string of the molecule is [2H]c1c([2H])c([2H])c(-c2c3c([2H])c([2H])c([2H])c([2H])c3c(-c3ccc(-c4ccc(-c5cccc6ccccc56)cc4)cc3)c3c([2H])c([2H])c([2H])c([2H])c23)c([2H])c1[2H]. The van der Waals surface area contributed by atoms with Crippen molar-refractivity contribution in [2.75, 3.05) is 0 Å².